The third-order valence-corrected chi connectivity index (χ3v) is 16.6. The summed E-state index contributed by atoms with van der Waals surface area (Å²) in [7, 11) is 0. The molecular formula is C66H52N4. The van der Waals surface area contributed by atoms with E-state index in [4.69, 9.17) is 9.97 Å². The Hall–Kier alpha value is -8.08. The first kappa shape index (κ1) is 40.9. The third-order valence-electron chi connectivity index (χ3n) is 16.6. The number of pyridine rings is 2. The lowest BCUT2D eigenvalue weighted by Gasteiger charge is -2.42. The zero-order valence-electron chi connectivity index (χ0n) is 40.0. The Kier molecular flexibility index (Phi) is 9.20. The molecule has 0 saturated carbocycles. The number of benzene rings is 7. The number of rotatable bonds is 6. The number of fused-ring (bicyclic) bond motifs is 8. The standard InChI is InChI=1S/C66H52N4/c1-39-40(2)52-36-56-54-34-46(58-30-26-48(38-68-58)44-19-11-6-12-20-44)28-32-60(54)70(50-23-15-8-16-24-50)66(56)62-42(4)41(3)61-63(64(52)62)51(39)35-55-53-33-45(57-29-25-47(37-67-57)43-17-9-5-10-18-43)27-31-59(53)69(65(55)61)49-21-13-7-14-22-49/h5-27,29-31,33-42H,28,32H2,1-4H3. The van der Waals surface area contributed by atoms with Gasteiger partial charge < -0.3 is 9.13 Å². The molecule has 4 unspecified atom stereocenters. The van der Waals surface area contributed by atoms with E-state index < -0.39 is 0 Å². The van der Waals surface area contributed by atoms with Crippen molar-refractivity contribution >= 4 is 44.4 Å². The number of allylic oxidation sites excluding steroid dienone is 1. The second-order valence-electron chi connectivity index (χ2n) is 20.2. The Morgan fingerprint density at radius 3 is 1.47 bits per heavy atom. The molecule has 4 heterocycles. The SMILES string of the molecule is CC1c2cc3c4c(n(-c5ccccc5)c3c3c2-c2c(cc5c6cc(-c7ccc(-c8ccccc8)cn7)ccc6n(-c6ccccc6)c5c2C(C)C3C)C1C)CCC(c1ccc(-c2ccccc2)cn1)=C4. The summed E-state index contributed by atoms with van der Waals surface area (Å²) in [5.74, 6) is 1.10. The van der Waals surface area contributed by atoms with Crippen LogP contribution in [-0.4, -0.2) is 19.1 Å². The van der Waals surface area contributed by atoms with Gasteiger partial charge in [-0.25, -0.2) is 0 Å². The van der Waals surface area contributed by atoms with Crippen LogP contribution in [0.1, 0.15) is 97.0 Å². The first-order chi connectivity index (χ1) is 34.4. The lowest BCUT2D eigenvalue weighted by molar-refractivity contribution is 0.584. The lowest BCUT2D eigenvalue weighted by atomic mass is 9.62. The van der Waals surface area contributed by atoms with E-state index in [1.54, 1.807) is 0 Å². The molecule has 336 valence electrons. The van der Waals surface area contributed by atoms with Gasteiger partial charge in [-0.15, -0.1) is 0 Å². The first-order valence-corrected chi connectivity index (χ1v) is 25.2. The van der Waals surface area contributed by atoms with E-state index in [-0.39, 0.29) is 11.8 Å². The highest BCUT2D eigenvalue weighted by atomic mass is 15.0. The topological polar surface area (TPSA) is 35.6 Å². The minimum atomic E-state index is 0.233. The molecule has 0 spiro atoms. The number of hydrogen-bond acceptors (Lipinski definition) is 2. The Morgan fingerprint density at radius 2 is 0.914 bits per heavy atom. The Labute approximate surface area is 409 Å². The first-order valence-electron chi connectivity index (χ1n) is 25.2. The molecule has 3 aliphatic carbocycles. The Balaban J connectivity index is 1.01. The molecule has 0 N–H and O–H groups in total. The fraction of sp³-hybridized carbons (Fsp3) is 0.152. The number of aromatic nitrogens is 4. The minimum Gasteiger partial charge on any atom is -0.313 e. The molecule has 4 nitrogen and oxygen atoms in total. The van der Waals surface area contributed by atoms with Gasteiger partial charge in [0.1, 0.15) is 0 Å². The summed E-state index contributed by atoms with van der Waals surface area (Å²) in [6, 6.07) is 64.4. The molecule has 3 aliphatic rings. The molecule has 70 heavy (non-hydrogen) atoms. The molecule has 4 aromatic heterocycles. The Bertz CT molecular complexity index is 3900. The van der Waals surface area contributed by atoms with Gasteiger partial charge >= 0.3 is 0 Å². The molecule has 0 radical (unpaired) electrons. The van der Waals surface area contributed by atoms with Crippen molar-refractivity contribution in [2.45, 2.75) is 64.2 Å². The lowest BCUT2D eigenvalue weighted by Crippen LogP contribution is -2.24. The molecule has 0 aliphatic heterocycles. The molecule has 11 aromatic rings. The van der Waals surface area contributed by atoms with Crippen molar-refractivity contribution in [2.24, 2.45) is 0 Å². The van der Waals surface area contributed by atoms with Gasteiger partial charge in [0.2, 0.25) is 0 Å². The molecule has 0 amide bonds. The van der Waals surface area contributed by atoms with Crippen LogP contribution in [0, 0.1) is 0 Å². The maximum Gasteiger partial charge on any atom is 0.0702 e. The highest BCUT2D eigenvalue weighted by Gasteiger charge is 2.43. The van der Waals surface area contributed by atoms with E-state index in [0.717, 1.165) is 40.9 Å². The predicted molar refractivity (Wildman–Crippen MR) is 291 cm³/mol. The van der Waals surface area contributed by atoms with Gasteiger partial charge in [-0.05, 0) is 153 Å². The van der Waals surface area contributed by atoms with Crippen LogP contribution in [0.4, 0.5) is 0 Å². The maximum absolute atomic E-state index is 5.10. The van der Waals surface area contributed by atoms with E-state index in [2.05, 4.69) is 219 Å². The smallest absolute Gasteiger partial charge is 0.0702 e. The van der Waals surface area contributed by atoms with Gasteiger partial charge in [-0.3, -0.25) is 9.97 Å². The van der Waals surface area contributed by atoms with Gasteiger partial charge in [0.15, 0.2) is 0 Å². The van der Waals surface area contributed by atoms with E-state index >= 15 is 0 Å². The number of nitrogens with zero attached hydrogens (tertiary/aromatic N) is 4. The number of hydrogen-bond donors (Lipinski definition) is 0. The minimum absolute atomic E-state index is 0.233. The molecule has 7 aromatic carbocycles. The fourth-order valence-electron chi connectivity index (χ4n) is 12.7. The quantitative estimate of drug-likeness (QED) is 0.167. The van der Waals surface area contributed by atoms with Crippen molar-refractivity contribution in [2.75, 3.05) is 0 Å². The zero-order valence-corrected chi connectivity index (χ0v) is 40.0. The molecule has 0 saturated heterocycles. The van der Waals surface area contributed by atoms with Crippen LogP contribution in [0.5, 0.6) is 0 Å². The summed E-state index contributed by atoms with van der Waals surface area (Å²) in [5.41, 5.74) is 27.1. The average molecular weight is 901 g/mol. The van der Waals surface area contributed by atoms with Crippen molar-refractivity contribution < 1.29 is 0 Å². The van der Waals surface area contributed by atoms with Crippen molar-refractivity contribution in [1.82, 2.24) is 19.1 Å². The fourth-order valence-corrected chi connectivity index (χ4v) is 12.7. The van der Waals surface area contributed by atoms with Crippen molar-refractivity contribution in [3.8, 4) is 56.0 Å². The molecule has 14 rings (SSSR count). The maximum atomic E-state index is 5.10. The van der Waals surface area contributed by atoms with Crippen LogP contribution >= 0.6 is 0 Å². The van der Waals surface area contributed by atoms with E-state index in [0.29, 0.717) is 11.8 Å². The molecule has 4 heteroatoms. The normalized spacial score (nSPS) is 18.0. The highest BCUT2D eigenvalue weighted by molar-refractivity contribution is 6.15. The van der Waals surface area contributed by atoms with Gasteiger partial charge in [0.25, 0.3) is 0 Å². The Morgan fingerprint density at radius 1 is 0.414 bits per heavy atom. The largest absolute Gasteiger partial charge is 0.313 e. The van der Waals surface area contributed by atoms with E-state index in [9.17, 15) is 0 Å². The second kappa shape index (κ2) is 15.7. The van der Waals surface area contributed by atoms with Gasteiger partial charge in [-0.2, -0.15) is 0 Å². The van der Waals surface area contributed by atoms with Crippen molar-refractivity contribution in [3.63, 3.8) is 0 Å². The molecule has 0 bridgehead atoms. The summed E-state index contributed by atoms with van der Waals surface area (Å²) in [4.78, 5) is 10.2. The summed E-state index contributed by atoms with van der Waals surface area (Å²) in [6.45, 7) is 10.00. The van der Waals surface area contributed by atoms with Crippen molar-refractivity contribution in [1.29, 1.82) is 0 Å². The van der Waals surface area contributed by atoms with Gasteiger partial charge in [0.05, 0.1) is 27.9 Å². The zero-order chi connectivity index (χ0) is 46.8. The van der Waals surface area contributed by atoms with Crippen LogP contribution in [-0.2, 0) is 6.42 Å². The summed E-state index contributed by atoms with van der Waals surface area (Å²) in [5, 5.41) is 3.97. The summed E-state index contributed by atoms with van der Waals surface area (Å²) < 4.78 is 5.22. The van der Waals surface area contributed by atoms with Crippen LogP contribution < -0.4 is 0 Å². The van der Waals surface area contributed by atoms with Crippen LogP contribution in [0.3, 0.4) is 0 Å². The monoisotopic (exact) mass is 900 g/mol. The van der Waals surface area contributed by atoms with Crippen LogP contribution in [0.25, 0.3) is 100 Å². The van der Waals surface area contributed by atoms with E-state index in [1.165, 1.54) is 105 Å². The third kappa shape index (κ3) is 6.02. The van der Waals surface area contributed by atoms with Crippen molar-refractivity contribution in [3.05, 3.63) is 228 Å². The molecule has 0 fully saturated rings. The molecular weight excluding hydrogens is 849 g/mol. The van der Waals surface area contributed by atoms with Gasteiger partial charge in [-0.1, -0.05) is 143 Å². The summed E-state index contributed by atoms with van der Waals surface area (Å²) in [6.07, 6.45) is 8.43. The predicted octanol–water partition coefficient (Wildman–Crippen LogP) is 17.1. The molecule has 4 atom stereocenters. The average Bonchev–Trinajstić information content (AvgIpc) is 3.93. The number of para-hydroxylation sites is 2. The van der Waals surface area contributed by atoms with Gasteiger partial charge in [0, 0.05) is 67.9 Å². The summed E-state index contributed by atoms with van der Waals surface area (Å²) >= 11 is 0. The highest BCUT2D eigenvalue weighted by Crippen LogP contribution is 2.61. The second-order valence-corrected chi connectivity index (χ2v) is 20.2. The van der Waals surface area contributed by atoms with Crippen LogP contribution in [0.2, 0.25) is 0 Å². The van der Waals surface area contributed by atoms with E-state index in [1.807, 2.05) is 12.4 Å². The van der Waals surface area contributed by atoms with Crippen LogP contribution in [0.15, 0.2) is 188 Å².